The largest absolute Gasteiger partial charge is 0.497 e. The first-order valence-corrected chi connectivity index (χ1v) is 8.60. The van der Waals surface area contributed by atoms with Crippen LogP contribution in [0.4, 0.5) is 5.69 Å². The number of carbonyl (C=O) groups excluding carboxylic acids is 1. The Morgan fingerprint density at radius 1 is 1.04 bits per heavy atom. The third-order valence-corrected chi connectivity index (χ3v) is 3.79. The fraction of sp³-hybridized carbons (Fsp3) is 0.286. The van der Waals surface area contributed by atoms with E-state index >= 15 is 0 Å². The lowest BCUT2D eigenvalue weighted by atomic mass is 10.1. The van der Waals surface area contributed by atoms with Gasteiger partial charge in [-0.1, -0.05) is 13.3 Å². The van der Waals surface area contributed by atoms with Crippen molar-refractivity contribution < 1.29 is 19.0 Å². The van der Waals surface area contributed by atoms with Crippen molar-refractivity contribution in [2.24, 2.45) is 0 Å². The molecule has 2 aromatic rings. The molecule has 0 unspecified atom stereocenters. The van der Waals surface area contributed by atoms with Crippen molar-refractivity contribution >= 4 is 11.5 Å². The fourth-order valence-electron chi connectivity index (χ4n) is 2.27. The van der Waals surface area contributed by atoms with Gasteiger partial charge in [-0.3, -0.25) is 4.79 Å². The van der Waals surface area contributed by atoms with Gasteiger partial charge in [-0.25, -0.2) is 0 Å². The van der Waals surface area contributed by atoms with Crippen molar-refractivity contribution in [3.8, 4) is 17.2 Å². The molecule has 0 fully saturated rings. The zero-order valence-corrected chi connectivity index (χ0v) is 15.5. The summed E-state index contributed by atoms with van der Waals surface area (Å²) in [6, 6.07) is 12.6. The Kier molecular flexibility index (Phi) is 7.55. The van der Waals surface area contributed by atoms with Gasteiger partial charge in [0.2, 0.25) is 0 Å². The van der Waals surface area contributed by atoms with E-state index in [1.165, 1.54) is 6.08 Å². The summed E-state index contributed by atoms with van der Waals surface area (Å²) in [7, 11) is 3.18. The number of hydrogen-bond acceptors (Lipinski definition) is 5. The molecule has 0 atom stereocenters. The minimum Gasteiger partial charge on any atom is -0.497 e. The highest BCUT2D eigenvalue weighted by Crippen LogP contribution is 2.28. The molecule has 5 nitrogen and oxygen atoms in total. The van der Waals surface area contributed by atoms with E-state index < -0.39 is 0 Å². The van der Waals surface area contributed by atoms with Crippen molar-refractivity contribution in [1.29, 1.82) is 0 Å². The lowest BCUT2D eigenvalue weighted by Gasteiger charge is -2.09. The van der Waals surface area contributed by atoms with E-state index in [1.807, 2.05) is 24.3 Å². The quantitative estimate of drug-likeness (QED) is 0.381. The van der Waals surface area contributed by atoms with Gasteiger partial charge in [-0.05, 0) is 42.8 Å². The molecule has 0 aliphatic carbocycles. The van der Waals surface area contributed by atoms with Crippen LogP contribution in [0.3, 0.4) is 0 Å². The maximum atomic E-state index is 12.2. The summed E-state index contributed by atoms with van der Waals surface area (Å²) in [4.78, 5) is 12.2. The second-order valence-corrected chi connectivity index (χ2v) is 5.63. The first-order valence-electron chi connectivity index (χ1n) is 8.60. The second kappa shape index (κ2) is 10.1. The van der Waals surface area contributed by atoms with Gasteiger partial charge in [0.15, 0.2) is 5.78 Å². The summed E-state index contributed by atoms with van der Waals surface area (Å²) in [5.41, 5.74) is 1.35. The number of ether oxygens (including phenoxy) is 3. The second-order valence-electron chi connectivity index (χ2n) is 5.63. The van der Waals surface area contributed by atoms with Gasteiger partial charge in [-0.15, -0.1) is 0 Å². The Hall–Kier alpha value is -2.95. The number of unbranched alkanes of at least 4 members (excludes halogenated alkanes) is 1. The van der Waals surface area contributed by atoms with Crippen LogP contribution in [0.15, 0.2) is 54.7 Å². The predicted octanol–water partition coefficient (Wildman–Crippen LogP) is 4.69. The Balaban J connectivity index is 1.95. The maximum absolute atomic E-state index is 12.2. The molecule has 0 saturated heterocycles. The molecule has 0 heterocycles. The van der Waals surface area contributed by atoms with Gasteiger partial charge in [0.05, 0.1) is 26.5 Å². The predicted molar refractivity (Wildman–Crippen MR) is 103 cm³/mol. The van der Waals surface area contributed by atoms with Crippen LogP contribution in [-0.2, 0) is 0 Å². The summed E-state index contributed by atoms with van der Waals surface area (Å²) < 4.78 is 16.1. The van der Waals surface area contributed by atoms with Crippen LogP contribution >= 0.6 is 0 Å². The Morgan fingerprint density at radius 2 is 1.77 bits per heavy atom. The monoisotopic (exact) mass is 355 g/mol. The van der Waals surface area contributed by atoms with Crippen LogP contribution in [0, 0.1) is 0 Å². The molecule has 5 heteroatoms. The molecular weight excluding hydrogens is 330 g/mol. The van der Waals surface area contributed by atoms with Crippen molar-refractivity contribution in [3.05, 3.63) is 60.3 Å². The molecule has 0 radical (unpaired) electrons. The lowest BCUT2D eigenvalue weighted by Crippen LogP contribution is -1.99. The molecule has 0 aliphatic rings. The topological polar surface area (TPSA) is 56.8 Å². The van der Waals surface area contributed by atoms with Gasteiger partial charge in [0.25, 0.3) is 0 Å². The van der Waals surface area contributed by atoms with E-state index in [0.29, 0.717) is 23.7 Å². The van der Waals surface area contributed by atoms with E-state index in [4.69, 9.17) is 14.2 Å². The number of allylic oxidation sites excluding steroid dienone is 1. The molecule has 26 heavy (non-hydrogen) atoms. The minimum atomic E-state index is -0.0925. The van der Waals surface area contributed by atoms with Crippen LogP contribution in [0.25, 0.3) is 0 Å². The highest BCUT2D eigenvalue weighted by atomic mass is 16.5. The lowest BCUT2D eigenvalue weighted by molar-refractivity contribution is 0.104. The highest BCUT2D eigenvalue weighted by molar-refractivity contribution is 6.04. The van der Waals surface area contributed by atoms with E-state index in [-0.39, 0.29) is 5.78 Å². The average Bonchev–Trinajstić information content (AvgIpc) is 2.68. The van der Waals surface area contributed by atoms with Gasteiger partial charge in [0, 0.05) is 23.9 Å². The first kappa shape index (κ1) is 19.4. The molecule has 0 spiro atoms. The molecule has 0 amide bonds. The number of hydrogen-bond donors (Lipinski definition) is 1. The first-order chi connectivity index (χ1) is 12.7. The van der Waals surface area contributed by atoms with Gasteiger partial charge in [0.1, 0.15) is 17.2 Å². The molecule has 2 aromatic carbocycles. The third-order valence-electron chi connectivity index (χ3n) is 3.79. The number of ketones is 1. The minimum absolute atomic E-state index is 0.0925. The van der Waals surface area contributed by atoms with E-state index in [1.54, 1.807) is 38.6 Å². The molecule has 138 valence electrons. The maximum Gasteiger partial charge on any atom is 0.187 e. The summed E-state index contributed by atoms with van der Waals surface area (Å²) in [6.45, 7) is 2.81. The van der Waals surface area contributed by atoms with Crippen LogP contribution in [0.2, 0.25) is 0 Å². The molecular formula is C21H25NO4. The summed E-state index contributed by atoms with van der Waals surface area (Å²) in [5.74, 6) is 2.02. The number of methoxy groups -OCH3 is 2. The number of anilines is 1. The zero-order valence-electron chi connectivity index (χ0n) is 15.5. The standard InChI is InChI=1S/C21H25NO4/c1-4-5-14-26-17-8-6-16(7-9-17)20(23)12-13-22-19-11-10-18(24-2)15-21(19)25-3/h6-13,15,22H,4-5,14H2,1-3H3. The Morgan fingerprint density at radius 3 is 2.42 bits per heavy atom. The van der Waals surface area contributed by atoms with E-state index in [0.717, 1.165) is 24.3 Å². The van der Waals surface area contributed by atoms with Crippen LogP contribution in [0.1, 0.15) is 30.1 Å². The molecule has 0 aromatic heterocycles. The van der Waals surface area contributed by atoms with Crippen molar-refractivity contribution in [2.45, 2.75) is 19.8 Å². The van der Waals surface area contributed by atoms with Crippen molar-refractivity contribution in [3.63, 3.8) is 0 Å². The van der Waals surface area contributed by atoms with Crippen LogP contribution < -0.4 is 19.5 Å². The molecule has 2 rings (SSSR count). The summed E-state index contributed by atoms with van der Waals surface area (Å²) >= 11 is 0. The molecule has 1 N–H and O–H groups in total. The Bertz CT molecular complexity index is 738. The van der Waals surface area contributed by atoms with E-state index in [9.17, 15) is 4.79 Å². The van der Waals surface area contributed by atoms with Crippen LogP contribution in [0.5, 0.6) is 17.2 Å². The fourth-order valence-corrected chi connectivity index (χ4v) is 2.27. The molecule has 0 saturated carbocycles. The van der Waals surface area contributed by atoms with Gasteiger partial charge >= 0.3 is 0 Å². The SMILES string of the molecule is CCCCOc1ccc(C(=O)C=CNc2ccc(OC)cc2OC)cc1. The van der Waals surface area contributed by atoms with Gasteiger partial charge in [-0.2, -0.15) is 0 Å². The van der Waals surface area contributed by atoms with Crippen LogP contribution in [-0.4, -0.2) is 26.6 Å². The average molecular weight is 355 g/mol. The highest BCUT2D eigenvalue weighted by Gasteiger charge is 2.05. The number of rotatable bonds is 10. The van der Waals surface area contributed by atoms with Crippen molar-refractivity contribution in [2.75, 3.05) is 26.1 Å². The summed E-state index contributed by atoms with van der Waals surface area (Å²) in [5, 5.41) is 3.06. The number of benzene rings is 2. The smallest absolute Gasteiger partial charge is 0.187 e. The zero-order chi connectivity index (χ0) is 18.8. The molecule has 0 bridgehead atoms. The molecule has 0 aliphatic heterocycles. The summed E-state index contributed by atoms with van der Waals surface area (Å²) in [6.07, 6.45) is 5.19. The van der Waals surface area contributed by atoms with Crippen molar-refractivity contribution in [1.82, 2.24) is 0 Å². The normalized spacial score (nSPS) is 10.6. The Labute approximate surface area is 154 Å². The number of nitrogens with one attached hydrogen (secondary N) is 1. The number of carbonyl (C=O) groups is 1. The third kappa shape index (κ3) is 5.55. The van der Waals surface area contributed by atoms with Gasteiger partial charge < -0.3 is 19.5 Å². The van der Waals surface area contributed by atoms with E-state index in [2.05, 4.69) is 12.2 Å².